The van der Waals surface area contributed by atoms with Crippen molar-refractivity contribution in [2.24, 2.45) is 0 Å². The summed E-state index contributed by atoms with van der Waals surface area (Å²) in [6, 6.07) is 8.05. The minimum Gasteiger partial charge on any atom is -0.496 e. The van der Waals surface area contributed by atoms with Gasteiger partial charge >= 0.3 is 6.18 Å². The average Bonchev–Trinajstić information content (AvgIpc) is 3.17. The molecule has 1 fully saturated rings. The van der Waals surface area contributed by atoms with Gasteiger partial charge in [-0.05, 0) is 55.3 Å². The lowest BCUT2D eigenvalue weighted by atomic mass is 10.1. The Kier molecular flexibility index (Phi) is 6.02. The van der Waals surface area contributed by atoms with Crippen LogP contribution in [-0.4, -0.2) is 36.4 Å². The molecule has 3 rings (SSSR count). The predicted molar refractivity (Wildman–Crippen MR) is 102 cm³/mol. The molecule has 1 unspecified atom stereocenters. The van der Waals surface area contributed by atoms with Gasteiger partial charge in [0.05, 0.1) is 18.2 Å². The van der Waals surface area contributed by atoms with E-state index in [4.69, 9.17) is 16.3 Å². The smallest absolute Gasteiger partial charge is 0.416 e. The number of nitrogens with zero attached hydrogens (tertiary/aromatic N) is 1. The van der Waals surface area contributed by atoms with E-state index < -0.39 is 29.6 Å². The van der Waals surface area contributed by atoms with Crippen molar-refractivity contribution in [3.05, 3.63) is 58.6 Å². The second kappa shape index (κ2) is 8.32. The second-order valence-corrected chi connectivity index (χ2v) is 7.00. The maximum absolute atomic E-state index is 13.0. The number of likely N-dealkylation sites (tertiary alicyclic amines) is 1. The van der Waals surface area contributed by atoms with Gasteiger partial charge in [-0.15, -0.1) is 0 Å². The van der Waals surface area contributed by atoms with Crippen molar-refractivity contribution in [1.29, 1.82) is 0 Å². The maximum Gasteiger partial charge on any atom is 0.416 e. The van der Waals surface area contributed by atoms with Crippen molar-refractivity contribution in [2.75, 3.05) is 19.0 Å². The molecule has 1 heterocycles. The van der Waals surface area contributed by atoms with Crippen LogP contribution < -0.4 is 10.1 Å². The molecular weight excluding hydrogens is 409 g/mol. The van der Waals surface area contributed by atoms with Crippen LogP contribution in [0.5, 0.6) is 5.75 Å². The third kappa shape index (κ3) is 4.64. The molecule has 0 aromatic heterocycles. The fraction of sp³-hybridized carbons (Fsp3) is 0.300. The van der Waals surface area contributed by atoms with Crippen LogP contribution in [0.25, 0.3) is 0 Å². The Bertz CT molecular complexity index is 916. The summed E-state index contributed by atoms with van der Waals surface area (Å²) >= 11 is 5.99. The lowest BCUT2D eigenvalue weighted by molar-refractivity contribution is -0.137. The number of benzene rings is 2. The highest BCUT2D eigenvalue weighted by atomic mass is 35.5. The van der Waals surface area contributed by atoms with Gasteiger partial charge in [-0.2, -0.15) is 13.2 Å². The Hall–Kier alpha value is -2.74. The summed E-state index contributed by atoms with van der Waals surface area (Å²) < 4.78 is 43.2. The van der Waals surface area contributed by atoms with Gasteiger partial charge in [0, 0.05) is 17.3 Å². The molecule has 29 heavy (non-hydrogen) atoms. The molecule has 154 valence electrons. The number of hydrogen-bond acceptors (Lipinski definition) is 3. The van der Waals surface area contributed by atoms with Crippen LogP contribution in [0, 0.1) is 0 Å². The topological polar surface area (TPSA) is 58.6 Å². The van der Waals surface area contributed by atoms with Crippen LogP contribution in [0.1, 0.15) is 28.8 Å². The SMILES string of the molecule is COc1ccc(Cl)cc1C(=O)N1CCCC1C(=O)Nc1ccc(C(F)(F)F)cc1. The van der Waals surface area contributed by atoms with Crippen molar-refractivity contribution >= 4 is 29.1 Å². The van der Waals surface area contributed by atoms with Crippen LogP contribution in [0.3, 0.4) is 0 Å². The Morgan fingerprint density at radius 1 is 1.17 bits per heavy atom. The van der Waals surface area contributed by atoms with E-state index in [1.807, 2.05) is 0 Å². The van der Waals surface area contributed by atoms with E-state index in [0.29, 0.717) is 30.2 Å². The standard InChI is InChI=1S/C20H18ClF3N2O3/c1-29-17-9-6-13(21)11-15(17)19(28)26-10-2-3-16(26)18(27)25-14-7-4-12(5-8-14)20(22,23)24/h4-9,11,16H,2-3,10H2,1H3,(H,25,27). The van der Waals surface area contributed by atoms with Gasteiger partial charge < -0.3 is 15.0 Å². The summed E-state index contributed by atoms with van der Waals surface area (Å²) in [6.07, 6.45) is -3.38. The van der Waals surface area contributed by atoms with Crippen molar-refractivity contribution in [3.8, 4) is 5.75 Å². The third-order valence-electron chi connectivity index (χ3n) is 4.69. The molecule has 1 saturated heterocycles. The molecule has 2 aromatic rings. The van der Waals surface area contributed by atoms with Crippen LogP contribution >= 0.6 is 11.6 Å². The van der Waals surface area contributed by atoms with Crippen molar-refractivity contribution in [2.45, 2.75) is 25.1 Å². The summed E-state index contributed by atoms with van der Waals surface area (Å²) in [5.41, 5.74) is -0.335. The van der Waals surface area contributed by atoms with E-state index >= 15 is 0 Å². The normalized spacial score (nSPS) is 16.6. The number of nitrogens with one attached hydrogen (secondary N) is 1. The van der Waals surface area contributed by atoms with Crippen LogP contribution in [-0.2, 0) is 11.0 Å². The lowest BCUT2D eigenvalue weighted by Crippen LogP contribution is -2.43. The number of anilines is 1. The molecule has 5 nitrogen and oxygen atoms in total. The first-order valence-electron chi connectivity index (χ1n) is 8.83. The Labute approximate surface area is 170 Å². The zero-order valence-corrected chi connectivity index (χ0v) is 16.2. The molecule has 1 atom stereocenters. The second-order valence-electron chi connectivity index (χ2n) is 6.57. The van der Waals surface area contributed by atoms with E-state index in [9.17, 15) is 22.8 Å². The minimum atomic E-state index is -4.45. The molecule has 0 aliphatic carbocycles. The maximum atomic E-state index is 13.0. The van der Waals surface area contributed by atoms with E-state index in [2.05, 4.69) is 5.32 Å². The van der Waals surface area contributed by atoms with Crippen molar-refractivity contribution in [1.82, 2.24) is 4.90 Å². The number of rotatable bonds is 4. The number of halogens is 4. The van der Waals surface area contributed by atoms with Gasteiger partial charge in [-0.1, -0.05) is 11.6 Å². The summed E-state index contributed by atoms with van der Waals surface area (Å²) in [4.78, 5) is 27.1. The highest BCUT2D eigenvalue weighted by Crippen LogP contribution is 2.31. The summed E-state index contributed by atoms with van der Waals surface area (Å²) in [6.45, 7) is 0.375. The first-order valence-corrected chi connectivity index (χ1v) is 9.21. The van der Waals surface area contributed by atoms with Crippen molar-refractivity contribution in [3.63, 3.8) is 0 Å². The first kappa shape index (κ1) is 21.0. The Morgan fingerprint density at radius 2 is 1.86 bits per heavy atom. The third-order valence-corrected chi connectivity index (χ3v) is 4.92. The highest BCUT2D eigenvalue weighted by Gasteiger charge is 2.36. The number of ether oxygens (including phenoxy) is 1. The summed E-state index contributed by atoms with van der Waals surface area (Å²) in [5.74, 6) is -0.515. The molecule has 2 amide bonds. The fourth-order valence-corrected chi connectivity index (χ4v) is 3.42. The van der Waals surface area contributed by atoms with Gasteiger partial charge in [0.15, 0.2) is 0 Å². The fourth-order valence-electron chi connectivity index (χ4n) is 3.25. The number of amides is 2. The first-order chi connectivity index (χ1) is 13.7. The number of carbonyl (C=O) groups excluding carboxylic acids is 2. The van der Waals surface area contributed by atoms with E-state index in [-0.39, 0.29) is 11.3 Å². The minimum absolute atomic E-state index is 0.225. The molecular formula is C20H18ClF3N2O3. The van der Waals surface area contributed by atoms with Crippen LogP contribution in [0.15, 0.2) is 42.5 Å². The van der Waals surface area contributed by atoms with Gasteiger partial charge in [0.1, 0.15) is 11.8 Å². The van der Waals surface area contributed by atoms with E-state index in [1.54, 1.807) is 12.1 Å². The van der Waals surface area contributed by atoms with Gasteiger partial charge in [-0.25, -0.2) is 0 Å². The largest absolute Gasteiger partial charge is 0.496 e. The van der Waals surface area contributed by atoms with Gasteiger partial charge in [0.25, 0.3) is 5.91 Å². The lowest BCUT2D eigenvalue weighted by Gasteiger charge is -2.25. The van der Waals surface area contributed by atoms with Crippen molar-refractivity contribution < 1.29 is 27.5 Å². The zero-order valence-electron chi connectivity index (χ0n) is 15.4. The van der Waals surface area contributed by atoms with Gasteiger partial charge in [0.2, 0.25) is 5.91 Å². The summed E-state index contributed by atoms with van der Waals surface area (Å²) in [7, 11) is 1.43. The molecule has 1 aliphatic heterocycles. The van der Waals surface area contributed by atoms with Crippen LogP contribution in [0.2, 0.25) is 5.02 Å². The summed E-state index contributed by atoms with van der Waals surface area (Å²) in [5, 5.41) is 2.94. The number of methoxy groups -OCH3 is 1. The molecule has 1 N–H and O–H groups in total. The monoisotopic (exact) mass is 426 g/mol. The molecule has 0 saturated carbocycles. The zero-order chi connectivity index (χ0) is 21.2. The molecule has 2 aromatic carbocycles. The van der Waals surface area contributed by atoms with E-state index in [0.717, 1.165) is 12.1 Å². The predicted octanol–water partition coefficient (Wildman–Crippen LogP) is 4.61. The van der Waals surface area contributed by atoms with E-state index in [1.165, 1.54) is 30.2 Å². The van der Waals surface area contributed by atoms with Crippen LogP contribution in [0.4, 0.5) is 18.9 Å². The highest BCUT2D eigenvalue weighted by molar-refractivity contribution is 6.31. The Morgan fingerprint density at radius 3 is 2.48 bits per heavy atom. The molecule has 0 radical (unpaired) electrons. The number of carbonyl (C=O) groups is 2. The molecule has 0 bridgehead atoms. The van der Waals surface area contributed by atoms with Gasteiger partial charge in [-0.3, -0.25) is 9.59 Å². The number of alkyl halides is 3. The molecule has 9 heteroatoms. The molecule has 0 spiro atoms. The Balaban J connectivity index is 1.76. The molecule has 1 aliphatic rings. The quantitative estimate of drug-likeness (QED) is 0.776. The number of hydrogen-bond donors (Lipinski definition) is 1. The average molecular weight is 427 g/mol.